The summed E-state index contributed by atoms with van der Waals surface area (Å²) in [7, 11) is 0. The summed E-state index contributed by atoms with van der Waals surface area (Å²) in [5, 5.41) is 11.1. The van der Waals surface area contributed by atoms with Crippen LogP contribution < -0.4 is 0 Å². The Hall–Kier alpha value is -3.48. The number of benzene rings is 3. The van der Waals surface area contributed by atoms with Crippen molar-refractivity contribution >= 4 is 12.0 Å². The fourth-order valence-electron chi connectivity index (χ4n) is 4.90. The normalized spacial score (nSPS) is 20.4. The van der Waals surface area contributed by atoms with Gasteiger partial charge in [0, 0.05) is 6.42 Å². The van der Waals surface area contributed by atoms with Crippen LogP contribution in [0.25, 0.3) is 0 Å². The van der Waals surface area contributed by atoms with Gasteiger partial charge in [-0.3, -0.25) is 4.79 Å². The van der Waals surface area contributed by atoms with Gasteiger partial charge in [-0.15, -0.1) is 0 Å². The highest BCUT2D eigenvalue weighted by Crippen LogP contribution is 2.43. The second-order valence-corrected chi connectivity index (χ2v) is 8.84. The van der Waals surface area contributed by atoms with Gasteiger partial charge in [0.25, 0.3) is 0 Å². The number of carbonyl (C=O) groups excluding carboxylic acids is 2. The Morgan fingerprint density at radius 1 is 0.971 bits per heavy atom. The van der Waals surface area contributed by atoms with Crippen molar-refractivity contribution in [1.29, 1.82) is 0 Å². The second kappa shape index (κ2) is 9.79. The van der Waals surface area contributed by atoms with E-state index in [1.807, 2.05) is 84.9 Å². The van der Waals surface area contributed by atoms with E-state index in [0.29, 0.717) is 19.4 Å². The van der Waals surface area contributed by atoms with Crippen LogP contribution in [0.4, 0.5) is 4.79 Å². The molecule has 0 radical (unpaired) electrons. The highest BCUT2D eigenvalue weighted by molar-refractivity contribution is 5.96. The van der Waals surface area contributed by atoms with Gasteiger partial charge in [0.2, 0.25) is 5.91 Å². The summed E-state index contributed by atoms with van der Waals surface area (Å²) in [4.78, 5) is 27.8. The van der Waals surface area contributed by atoms with Crippen LogP contribution in [0.1, 0.15) is 28.3 Å². The molecule has 6 heteroatoms. The van der Waals surface area contributed by atoms with Crippen LogP contribution in [0.2, 0.25) is 0 Å². The summed E-state index contributed by atoms with van der Waals surface area (Å²) in [5.74, 6) is -1.29. The standard InChI is InChI=1S/C28H27NO5/c30-24(18-33-17-20-11-5-2-6-12-20)23(15-19-9-3-1-4-10-19)27(31)29-26-22-14-8-7-13-21(22)16-25(26)34-28(29)32/h1-14,23-26,30H,15-18H2/t23-,24+,25+,26-/m0/s1. The molecule has 1 aliphatic carbocycles. The second-order valence-electron chi connectivity index (χ2n) is 8.84. The summed E-state index contributed by atoms with van der Waals surface area (Å²) in [6.45, 7) is 0.305. The first-order chi connectivity index (χ1) is 16.6. The van der Waals surface area contributed by atoms with Crippen molar-refractivity contribution in [2.75, 3.05) is 6.61 Å². The van der Waals surface area contributed by atoms with E-state index in [1.54, 1.807) is 0 Å². The van der Waals surface area contributed by atoms with E-state index < -0.39 is 36.2 Å². The molecule has 0 unspecified atom stereocenters. The van der Waals surface area contributed by atoms with Crippen LogP contribution in [-0.2, 0) is 33.7 Å². The summed E-state index contributed by atoms with van der Waals surface area (Å²) in [6.07, 6.45) is -1.25. The largest absolute Gasteiger partial charge is 0.443 e. The molecule has 2 aliphatic rings. The Morgan fingerprint density at radius 3 is 2.35 bits per heavy atom. The molecule has 2 amide bonds. The Balaban J connectivity index is 1.37. The van der Waals surface area contributed by atoms with E-state index in [9.17, 15) is 14.7 Å². The third kappa shape index (κ3) is 4.47. The number of aliphatic hydroxyl groups excluding tert-OH is 1. The Bertz CT molecular complexity index is 1150. The van der Waals surface area contributed by atoms with Crippen LogP contribution in [0.15, 0.2) is 84.9 Å². The number of aliphatic hydroxyl groups is 1. The molecule has 3 aromatic rings. The molecule has 1 aliphatic heterocycles. The smallest absolute Gasteiger partial charge is 0.417 e. The van der Waals surface area contributed by atoms with E-state index in [1.165, 1.54) is 4.90 Å². The van der Waals surface area contributed by atoms with Gasteiger partial charge in [-0.1, -0.05) is 84.9 Å². The van der Waals surface area contributed by atoms with Crippen molar-refractivity contribution in [3.05, 3.63) is 107 Å². The lowest BCUT2D eigenvalue weighted by Gasteiger charge is -2.28. The molecule has 34 heavy (non-hydrogen) atoms. The Labute approximate surface area is 198 Å². The summed E-state index contributed by atoms with van der Waals surface area (Å²) in [6, 6.07) is 26.5. The molecule has 1 fully saturated rings. The minimum atomic E-state index is -1.08. The van der Waals surface area contributed by atoms with Gasteiger partial charge in [0.05, 0.1) is 25.2 Å². The van der Waals surface area contributed by atoms with Crippen LogP contribution in [0, 0.1) is 5.92 Å². The zero-order valence-electron chi connectivity index (χ0n) is 18.7. The number of ether oxygens (including phenoxy) is 2. The molecular formula is C28H27NO5. The zero-order chi connectivity index (χ0) is 23.5. The van der Waals surface area contributed by atoms with Crippen LogP contribution in [0.5, 0.6) is 0 Å². The summed E-state index contributed by atoms with van der Waals surface area (Å²) < 4.78 is 11.3. The molecule has 0 spiro atoms. The molecule has 3 aromatic carbocycles. The van der Waals surface area contributed by atoms with Crippen molar-refractivity contribution < 1.29 is 24.2 Å². The van der Waals surface area contributed by atoms with Gasteiger partial charge in [-0.25, -0.2) is 9.69 Å². The number of imide groups is 1. The molecule has 5 rings (SSSR count). The highest BCUT2D eigenvalue weighted by atomic mass is 16.6. The molecule has 0 aromatic heterocycles. The van der Waals surface area contributed by atoms with Gasteiger partial charge in [0.1, 0.15) is 12.1 Å². The lowest BCUT2D eigenvalue weighted by atomic mass is 9.92. The molecule has 1 saturated heterocycles. The first-order valence-electron chi connectivity index (χ1n) is 11.6. The number of rotatable bonds is 8. The predicted octanol–water partition coefficient (Wildman–Crippen LogP) is 4.07. The minimum Gasteiger partial charge on any atom is -0.443 e. The van der Waals surface area contributed by atoms with Crippen molar-refractivity contribution in [3.63, 3.8) is 0 Å². The molecule has 0 bridgehead atoms. The van der Waals surface area contributed by atoms with Gasteiger partial charge in [0.15, 0.2) is 0 Å². The van der Waals surface area contributed by atoms with Crippen LogP contribution in [-0.4, -0.2) is 40.8 Å². The minimum absolute atomic E-state index is 0.0221. The number of fused-ring (bicyclic) bond motifs is 3. The van der Waals surface area contributed by atoms with E-state index >= 15 is 0 Å². The fraction of sp³-hybridized carbons (Fsp3) is 0.286. The Kier molecular flexibility index (Phi) is 6.43. The SMILES string of the molecule is O=C1O[C@@H]2Cc3ccccc3[C@@H]2N1C(=O)[C@@H](Cc1ccccc1)[C@H](O)COCc1ccccc1. The predicted molar refractivity (Wildman–Crippen MR) is 126 cm³/mol. The average Bonchev–Trinajstić information content (AvgIpc) is 3.37. The maximum atomic E-state index is 13.8. The van der Waals surface area contributed by atoms with Gasteiger partial charge < -0.3 is 14.6 Å². The molecule has 6 nitrogen and oxygen atoms in total. The van der Waals surface area contributed by atoms with Gasteiger partial charge in [-0.05, 0) is 28.7 Å². The number of hydrogen-bond acceptors (Lipinski definition) is 5. The van der Waals surface area contributed by atoms with Gasteiger partial charge >= 0.3 is 6.09 Å². The zero-order valence-corrected chi connectivity index (χ0v) is 18.7. The van der Waals surface area contributed by atoms with Crippen LogP contribution >= 0.6 is 0 Å². The quantitative estimate of drug-likeness (QED) is 0.552. The van der Waals surface area contributed by atoms with E-state index in [0.717, 1.165) is 22.3 Å². The monoisotopic (exact) mass is 457 g/mol. The molecule has 174 valence electrons. The third-order valence-corrected chi connectivity index (χ3v) is 6.59. The lowest BCUT2D eigenvalue weighted by Crippen LogP contribution is -2.45. The van der Waals surface area contributed by atoms with Crippen molar-refractivity contribution in [1.82, 2.24) is 4.90 Å². The number of hydrogen-bond donors (Lipinski definition) is 1. The molecule has 1 N–H and O–H groups in total. The molecule has 1 heterocycles. The molecule has 0 saturated carbocycles. The summed E-state index contributed by atoms with van der Waals surface area (Å²) in [5.41, 5.74) is 3.89. The van der Waals surface area contributed by atoms with E-state index in [2.05, 4.69) is 0 Å². The molecule has 4 atom stereocenters. The lowest BCUT2D eigenvalue weighted by molar-refractivity contribution is -0.139. The number of carbonyl (C=O) groups is 2. The first kappa shape index (κ1) is 22.3. The fourth-order valence-corrected chi connectivity index (χ4v) is 4.90. The maximum absolute atomic E-state index is 13.8. The number of amides is 2. The van der Waals surface area contributed by atoms with Crippen molar-refractivity contribution in [2.45, 2.75) is 37.7 Å². The first-order valence-corrected chi connectivity index (χ1v) is 11.6. The Morgan fingerprint density at radius 2 is 1.62 bits per heavy atom. The van der Waals surface area contributed by atoms with Gasteiger partial charge in [-0.2, -0.15) is 0 Å². The maximum Gasteiger partial charge on any atom is 0.417 e. The van der Waals surface area contributed by atoms with E-state index in [4.69, 9.17) is 9.47 Å². The average molecular weight is 458 g/mol. The highest BCUT2D eigenvalue weighted by Gasteiger charge is 2.52. The van der Waals surface area contributed by atoms with E-state index in [-0.39, 0.29) is 6.61 Å². The summed E-state index contributed by atoms with van der Waals surface area (Å²) >= 11 is 0. The topological polar surface area (TPSA) is 76.1 Å². The van der Waals surface area contributed by atoms with Crippen LogP contribution in [0.3, 0.4) is 0 Å². The van der Waals surface area contributed by atoms with Crippen molar-refractivity contribution in [2.24, 2.45) is 5.92 Å². The third-order valence-electron chi connectivity index (χ3n) is 6.59. The number of nitrogens with zero attached hydrogens (tertiary/aromatic N) is 1. The van der Waals surface area contributed by atoms with Crippen molar-refractivity contribution in [3.8, 4) is 0 Å². The molecular weight excluding hydrogens is 430 g/mol.